The van der Waals surface area contributed by atoms with Crippen molar-refractivity contribution in [3.8, 4) is 11.5 Å². The van der Waals surface area contributed by atoms with Gasteiger partial charge in [0, 0.05) is 11.1 Å². The Morgan fingerprint density at radius 1 is 0.800 bits per heavy atom. The average molecular weight is 495 g/mol. The van der Waals surface area contributed by atoms with Crippen LogP contribution in [0.5, 0.6) is 11.5 Å². The van der Waals surface area contributed by atoms with Gasteiger partial charge in [0.2, 0.25) is 0 Å². The topological polar surface area (TPSA) is 77.0 Å². The smallest absolute Gasteiger partial charge is 0.276 e. The summed E-state index contributed by atoms with van der Waals surface area (Å²) in [6.07, 6.45) is 5.92. The van der Waals surface area contributed by atoms with Gasteiger partial charge in [0.05, 0.1) is 24.3 Å². The van der Waals surface area contributed by atoms with Crippen LogP contribution >= 0.6 is 0 Å². The molecular formula is C28H34N2O4S. The van der Waals surface area contributed by atoms with E-state index < -0.39 is 10.0 Å². The number of nitrogens with zero attached hydrogens (tertiary/aromatic N) is 1. The largest absolute Gasteiger partial charge is 0.497 e. The molecule has 0 amide bonds. The molecule has 186 valence electrons. The van der Waals surface area contributed by atoms with Gasteiger partial charge in [0.1, 0.15) is 11.5 Å². The van der Waals surface area contributed by atoms with Crippen LogP contribution in [-0.4, -0.2) is 27.8 Å². The first-order valence-corrected chi connectivity index (χ1v) is 13.4. The molecule has 0 aromatic heterocycles. The van der Waals surface area contributed by atoms with E-state index in [1.807, 2.05) is 55.5 Å². The molecule has 6 nitrogen and oxygen atoms in total. The molecule has 35 heavy (non-hydrogen) atoms. The monoisotopic (exact) mass is 494 g/mol. The Labute approximate surface area is 209 Å². The molecule has 0 saturated carbocycles. The Kier molecular flexibility index (Phi) is 9.73. The number of hydrazone groups is 1. The molecule has 0 saturated heterocycles. The Hall–Kier alpha value is -3.32. The lowest BCUT2D eigenvalue weighted by Crippen LogP contribution is -2.21. The van der Waals surface area contributed by atoms with E-state index in [2.05, 4.69) is 16.9 Å². The summed E-state index contributed by atoms with van der Waals surface area (Å²) >= 11 is 0. The van der Waals surface area contributed by atoms with Gasteiger partial charge in [-0.05, 0) is 74.0 Å². The SMILES string of the molecule is CCCCCCCOc1ccc(/C(=N/NS(=O)(=O)c2ccc(C)cc2)c2ccc(OC)cc2)cc1. The first-order chi connectivity index (χ1) is 16.9. The van der Waals surface area contributed by atoms with E-state index in [0.717, 1.165) is 28.9 Å². The fraction of sp³-hybridized carbons (Fsp3) is 0.321. The third-order valence-corrected chi connectivity index (χ3v) is 6.84. The number of unbranched alkanes of at least 4 members (excludes halogenated alkanes) is 4. The molecule has 7 heteroatoms. The van der Waals surface area contributed by atoms with Gasteiger partial charge in [-0.3, -0.25) is 0 Å². The molecule has 0 spiro atoms. The van der Waals surface area contributed by atoms with Crippen molar-refractivity contribution < 1.29 is 17.9 Å². The third kappa shape index (κ3) is 7.86. The van der Waals surface area contributed by atoms with Crippen molar-refractivity contribution in [1.29, 1.82) is 0 Å². The Bertz CT molecular complexity index is 1190. The minimum atomic E-state index is -3.82. The number of sulfonamides is 1. The zero-order valence-corrected chi connectivity index (χ0v) is 21.5. The van der Waals surface area contributed by atoms with Crippen LogP contribution < -0.4 is 14.3 Å². The molecule has 0 heterocycles. The maximum absolute atomic E-state index is 12.8. The molecule has 0 aliphatic rings. The number of ether oxygens (including phenoxy) is 2. The maximum Gasteiger partial charge on any atom is 0.276 e. The number of nitrogens with one attached hydrogen (secondary N) is 1. The summed E-state index contributed by atoms with van der Waals surface area (Å²) < 4.78 is 36.8. The van der Waals surface area contributed by atoms with E-state index >= 15 is 0 Å². The van der Waals surface area contributed by atoms with Gasteiger partial charge in [-0.25, -0.2) is 0 Å². The van der Waals surface area contributed by atoms with E-state index in [9.17, 15) is 8.42 Å². The van der Waals surface area contributed by atoms with Gasteiger partial charge in [-0.1, -0.05) is 50.3 Å². The van der Waals surface area contributed by atoms with Crippen LogP contribution in [0.2, 0.25) is 0 Å². The molecule has 0 unspecified atom stereocenters. The third-order valence-electron chi connectivity index (χ3n) is 5.62. The van der Waals surface area contributed by atoms with Gasteiger partial charge in [0.25, 0.3) is 10.0 Å². The van der Waals surface area contributed by atoms with E-state index in [1.165, 1.54) is 25.7 Å². The molecule has 0 aliphatic carbocycles. The van der Waals surface area contributed by atoms with E-state index in [-0.39, 0.29) is 4.90 Å². The highest BCUT2D eigenvalue weighted by Crippen LogP contribution is 2.20. The van der Waals surface area contributed by atoms with E-state index in [0.29, 0.717) is 18.1 Å². The number of rotatable bonds is 13. The quantitative estimate of drug-likeness (QED) is 0.177. The number of hydrogen-bond donors (Lipinski definition) is 1. The Morgan fingerprint density at radius 3 is 1.94 bits per heavy atom. The fourth-order valence-corrected chi connectivity index (χ4v) is 4.34. The highest BCUT2D eigenvalue weighted by Gasteiger charge is 2.15. The number of hydrogen-bond acceptors (Lipinski definition) is 5. The molecule has 0 aliphatic heterocycles. The van der Waals surface area contributed by atoms with Crippen LogP contribution in [0.25, 0.3) is 0 Å². The predicted octanol–water partition coefficient (Wildman–Crippen LogP) is 6.08. The van der Waals surface area contributed by atoms with Gasteiger partial charge in [-0.2, -0.15) is 18.4 Å². The second kappa shape index (κ2) is 13.0. The fourth-order valence-electron chi connectivity index (χ4n) is 3.53. The highest BCUT2D eigenvalue weighted by atomic mass is 32.2. The minimum absolute atomic E-state index is 0.156. The zero-order chi connectivity index (χ0) is 25.1. The van der Waals surface area contributed by atoms with Gasteiger partial charge in [0.15, 0.2) is 0 Å². The van der Waals surface area contributed by atoms with Crippen molar-refractivity contribution in [3.05, 3.63) is 89.5 Å². The predicted molar refractivity (Wildman–Crippen MR) is 141 cm³/mol. The summed E-state index contributed by atoms with van der Waals surface area (Å²) in [7, 11) is -2.22. The van der Waals surface area contributed by atoms with Gasteiger partial charge in [-0.15, -0.1) is 0 Å². The van der Waals surface area contributed by atoms with E-state index in [4.69, 9.17) is 9.47 Å². The van der Waals surface area contributed by atoms with Crippen molar-refractivity contribution in [2.45, 2.75) is 50.8 Å². The van der Waals surface area contributed by atoms with Crippen LogP contribution in [0, 0.1) is 6.92 Å². The molecule has 0 radical (unpaired) electrons. The summed E-state index contributed by atoms with van der Waals surface area (Å²) in [6.45, 7) is 4.79. The lowest BCUT2D eigenvalue weighted by Gasteiger charge is -2.11. The van der Waals surface area contributed by atoms with Gasteiger partial charge < -0.3 is 9.47 Å². The zero-order valence-electron chi connectivity index (χ0n) is 20.7. The molecular weight excluding hydrogens is 460 g/mol. The summed E-state index contributed by atoms with van der Waals surface area (Å²) in [5, 5.41) is 4.32. The molecule has 0 fully saturated rings. The normalized spacial score (nSPS) is 11.8. The Balaban J connectivity index is 1.80. The molecule has 3 aromatic carbocycles. The Morgan fingerprint density at radius 2 is 1.37 bits per heavy atom. The first kappa shape index (κ1) is 26.3. The summed E-state index contributed by atoms with van der Waals surface area (Å²) in [5.41, 5.74) is 2.99. The van der Waals surface area contributed by atoms with Crippen molar-refractivity contribution in [3.63, 3.8) is 0 Å². The minimum Gasteiger partial charge on any atom is -0.497 e. The summed E-state index contributed by atoms with van der Waals surface area (Å²) in [5.74, 6) is 1.48. The van der Waals surface area contributed by atoms with Crippen molar-refractivity contribution in [1.82, 2.24) is 4.83 Å². The molecule has 1 N–H and O–H groups in total. The summed E-state index contributed by atoms with van der Waals surface area (Å²) in [4.78, 5) is 2.55. The number of methoxy groups -OCH3 is 1. The van der Waals surface area contributed by atoms with Crippen molar-refractivity contribution in [2.24, 2.45) is 5.10 Å². The van der Waals surface area contributed by atoms with Crippen LogP contribution in [0.4, 0.5) is 0 Å². The molecule has 3 rings (SSSR count). The van der Waals surface area contributed by atoms with Crippen LogP contribution in [0.3, 0.4) is 0 Å². The number of benzene rings is 3. The van der Waals surface area contributed by atoms with Crippen LogP contribution in [0.1, 0.15) is 55.7 Å². The maximum atomic E-state index is 12.8. The van der Waals surface area contributed by atoms with Crippen LogP contribution in [0.15, 0.2) is 82.8 Å². The van der Waals surface area contributed by atoms with E-state index in [1.54, 1.807) is 31.4 Å². The molecule has 0 bridgehead atoms. The lowest BCUT2D eigenvalue weighted by atomic mass is 10.0. The van der Waals surface area contributed by atoms with Gasteiger partial charge >= 0.3 is 0 Å². The number of aryl methyl sites for hydroxylation is 1. The second-order valence-electron chi connectivity index (χ2n) is 8.38. The van der Waals surface area contributed by atoms with Crippen molar-refractivity contribution >= 4 is 15.7 Å². The average Bonchev–Trinajstić information content (AvgIpc) is 2.87. The van der Waals surface area contributed by atoms with Crippen molar-refractivity contribution in [2.75, 3.05) is 13.7 Å². The lowest BCUT2D eigenvalue weighted by molar-refractivity contribution is 0.304. The highest BCUT2D eigenvalue weighted by molar-refractivity contribution is 7.89. The second-order valence-corrected chi connectivity index (χ2v) is 10.0. The molecule has 0 atom stereocenters. The molecule has 3 aromatic rings. The first-order valence-electron chi connectivity index (χ1n) is 12.0. The summed E-state index contributed by atoms with van der Waals surface area (Å²) in [6, 6.07) is 21.5. The van der Waals surface area contributed by atoms with Crippen LogP contribution in [-0.2, 0) is 10.0 Å². The standard InChI is InChI=1S/C28H34N2O4S/c1-4-5-6-7-8-21-34-26-17-13-24(14-18-26)28(23-11-15-25(33-3)16-12-23)29-30-35(31,32)27-19-9-22(2)10-20-27/h9-20,30H,4-8,21H2,1-3H3/b29-28+.